The highest BCUT2D eigenvalue weighted by Crippen LogP contribution is 2.36. The summed E-state index contributed by atoms with van der Waals surface area (Å²) in [5.74, 6) is 0. The Balaban J connectivity index is 1.55. The van der Waals surface area contributed by atoms with Crippen LogP contribution in [0.4, 0.5) is 0 Å². The monoisotopic (exact) mass is 499 g/mol. The van der Waals surface area contributed by atoms with Crippen LogP contribution in [0.25, 0.3) is 66.7 Å². The van der Waals surface area contributed by atoms with Crippen LogP contribution in [0, 0.1) is 6.92 Å². The van der Waals surface area contributed by atoms with Crippen molar-refractivity contribution in [3.63, 3.8) is 0 Å². The van der Waals surface area contributed by atoms with Crippen molar-refractivity contribution in [2.24, 2.45) is 0 Å². The molecule has 0 unspecified atom stereocenters. The van der Waals surface area contributed by atoms with Gasteiger partial charge in [0.2, 0.25) is 0 Å². The molecule has 0 bridgehead atoms. The second kappa shape index (κ2) is 9.62. The smallest absolute Gasteiger partial charge is 0.0979 e. The minimum atomic E-state index is 0.826. The molecule has 0 N–H and O–H groups in total. The highest BCUT2D eigenvalue weighted by Gasteiger charge is 2.16. The van der Waals surface area contributed by atoms with Crippen molar-refractivity contribution in [2.45, 2.75) is 6.92 Å². The van der Waals surface area contributed by atoms with Crippen molar-refractivity contribution >= 4 is 21.8 Å². The zero-order valence-corrected chi connectivity index (χ0v) is 21.5. The van der Waals surface area contributed by atoms with E-state index in [2.05, 4.69) is 97.1 Å². The minimum absolute atomic E-state index is 0.826. The zero-order valence-electron chi connectivity index (χ0n) is 21.5. The summed E-state index contributed by atoms with van der Waals surface area (Å²) in [7, 11) is 0. The Labute approximate surface area is 227 Å². The maximum Gasteiger partial charge on any atom is 0.0979 e. The van der Waals surface area contributed by atoms with Gasteiger partial charge in [0, 0.05) is 22.0 Å². The van der Waals surface area contributed by atoms with Crippen molar-refractivity contribution in [3.8, 4) is 44.9 Å². The van der Waals surface area contributed by atoms with E-state index >= 15 is 0 Å². The summed E-state index contributed by atoms with van der Waals surface area (Å²) in [6, 6.07) is 46.2. The molecule has 39 heavy (non-hydrogen) atoms. The number of hydrogen-bond acceptors (Lipinski definition) is 3. The van der Waals surface area contributed by atoms with Crippen molar-refractivity contribution in [1.82, 2.24) is 15.0 Å². The first-order valence-corrected chi connectivity index (χ1v) is 13.1. The Morgan fingerprint density at radius 1 is 0.410 bits per heavy atom. The first-order valence-electron chi connectivity index (χ1n) is 13.1. The van der Waals surface area contributed by atoms with E-state index in [9.17, 15) is 0 Å². The highest BCUT2D eigenvalue weighted by atomic mass is 14.8. The van der Waals surface area contributed by atoms with Gasteiger partial charge in [-0.1, -0.05) is 109 Å². The minimum Gasteiger partial charge on any atom is -0.251 e. The molecule has 0 aliphatic carbocycles. The average molecular weight is 500 g/mol. The van der Waals surface area contributed by atoms with Crippen LogP contribution in [0.2, 0.25) is 0 Å². The first-order chi connectivity index (χ1) is 19.2. The molecule has 0 atom stereocenters. The predicted molar refractivity (Wildman–Crippen MR) is 161 cm³/mol. The van der Waals surface area contributed by atoms with Gasteiger partial charge in [-0.3, -0.25) is 4.98 Å². The standard InChI is InChI=1S/C36H25N3/c1-24-17-18-28-19-20-30-31(26-13-7-3-8-14-26)23-34(39-36(30)35(28)37-24)33-22-29(25-11-5-2-6-12-25)21-32(38-33)27-15-9-4-10-16-27/h2-23H,1H3. The number of aromatic nitrogens is 3. The van der Waals surface area contributed by atoms with Gasteiger partial charge >= 0.3 is 0 Å². The van der Waals surface area contributed by atoms with E-state index in [1.807, 2.05) is 43.3 Å². The lowest BCUT2D eigenvalue weighted by atomic mass is 9.97. The number of aryl methyl sites for hydroxylation is 1. The van der Waals surface area contributed by atoms with Crippen LogP contribution in [0.1, 0.15) is 5.69 Å². The van der Waals surface area contributed by atoms with Gasteiger partial charge < -0.3 is 0 Å². The fourth-order valence-electron chi connectivity index (χ4n) is 5.17. The van der Waals surface area contributed by atoms with Crippen LogP contribution in [0.3, 0.4) is 0 Å². The molecule has 0 amide bonds. The van der Waals surface area contributed by atoms with Crippen LogP contribution in [-0.4, -0.2) is 15.0 Å². The van der Waals surface area contributed by atoms with E-state index < -0.39 is 0 Å². The molecular formula is C36H25N3. The molecule has 4 aromatic carbocycles. The Bertz CT molecular complexity index is 1890. The van der Waals surface area contributed by atoms with Crippen LogP contribution >= 0.6 is 0 Å². The third kappa shape index (κ3) is 4.34. The SMILES string of the molecule is Cc1ccc2ccc3c(-c4ccccc4)cc(-c4cc(-c5ccccc5)cc(-c5ccccc5)n4)nc3c2n1. The van der Waals surface area contributed by atoms with Crippen LogP contribution in [0.15, 0.2) is 133 Å². The number of hydrogen-bond donors (Lipinski definition) is 0. The fraction of sp³-hybridized carbons (Fsp3) is 0.0278. The molecule has 0 radical (unpaired) electrons. The Hall–Kier alpha value is -5.15. The van der Waals surface area contributed by atoms with Crippen molar-refractivity contribution in [2.75, 3.05) is 0 Å². The lowest BCUT2D eigenvalue weighted by Crippen LogP contribution is -1.96. The lowest BCUT2D eigenvalue weighted by Gasteiger charge is -2.14. The zero-order chi connectivity index (χ0) is 26.2. The molecule has 0 spiro atoms. The molecule has 7 aromatic rings. The van der Waals surface area contributed by atoms with E-state index in [4.69, 9.17) is 15.0 Å². The molecule has 3 aromatic heterocycles. The quantitative estimate of drug-likeness (QED) is 0.227. The molecular weight excluding hydrogens is 474 g/mol. The molecule has 3 heteroatoms. The van der Waals surface area contributed by atoms with Crippen LogP contribution in [-0.2, 0) is 0 Å². The van der Waals surface area contributed by atoms with E-state index in [-0.39, 0.29) is 0 Å². The number of fused-ring (bicyclic) bond motifs is 3. The normalized spacial score (nSPS) is 11.2. The van der Waals surface area contributed by atoms with Gasteiger partial charge in [-0.05, 0) is 53.4 Å². The largest absolute Gasteiger partial charge is 0.251 e. The number of benzene rings is 4. The molecule has 0 aliphatic rings. The van der Waals surface area contributed by atoms with Gasteiger partial charge in [0.25, 0.3) is 0 Å². The summed E-state index contributed by atoms with van der Waals surface area (Å²) in [4.78, 5) is 15.3. The molecule has 7 rings (SSSR count). The molecule has 184 valence electrons. The summed E-state index contributed by atoms with van der Waals surface area (Å²) in [5, 5.41) is 2.16. The predicted octanol–water partition coefficient (Wildman–Crippen LogP) is 9.15. The summed E-state index contributed by atoms with van der Waals surface area (Å²) in [5.41, 5.74) is 10.9. The summed E-state index contributed by atoms with van der Waals surface area (Å²) in [6.45, 7) is 2.03. The summed E-state index contributed by atoms with van der Waals surface area (Å²) >= 11 is 0. The van der Waals surface area contributed by atoms with Gasteiger partial charge in [0.1, 0.15) is 0 Å². The van der Waals surface area contributed by atoms with Gasteiger partial charge in [-0.25, -0.2) is 9.97 Å². The Morgan fingerprint density at radius 3 is 1.72 bits per heavy atom. The number of pyridine rings is 3. The lowest BCUT2D eigenvalue weighted by molar-refractivity contribution is 1.25. The fourth-order valence-corrected chi connectivity index (χ4v) is 5.17. The average Bonchev–Trinajstić information content (AvgIpc) is 3.01. The molecule has 0 saturated heterocycles. The third-order valence-electron chi connectivity index (χ3n) is 7.13. The van der Waals surface area contributed by atoms with Crippen LogP contribution < -0.4 is 0 Å². The second-order valence-corrected chi connectivity index (χ2v) is 9.77. The van der Waals surface area contributed by atoms with Gasteiger partial charge in [0.15, 0.2) is 0 Å². The van der Waals surface area contributed by atoms with Gasteiger partial charge in [-0.15, -0.1) is 0 Å². The Morgan fingerprint density at radius 2 is 1.00 bits per heavy atom. The first kappa shape index (κ1) is 23.0. The van der Waals surface area contributed by atoms with E-state index in [1.165, 1.54) is 0 Å². The number of rotatable bonds is 4. The molecule has 0 fully saturated rings. The third-order valence-corrected chi connectivity index (χ3v) is 7.13. The van der Waals surface area contributed by atoms with E-state index in [0.29, 0.717) is 0 Å². The van der Waals surface area contributed by atoms with Crippen molar-refractivity contribution in [3.05, 3.63) is 139 Å². The van der Waals surface area contributed by atoms with Crippen LogP contribution in [0.5, 0.6) is 0 Å². The van der Waals surface area contributed by atoms with Crippen molar-refractivity contribution < 1.29 is 0 Å². The maximum absolute atomic E-state index is 5.25. The molecule has 3 heterocycles. The van der Waals surface area contributed by atoms with Gasteiger partial charge in [-0.2, -0.15) is 0 Å². The van der Waals surface area contributed by atoms with E-state index in [1.54, 1.807) is 0 Å². The summed E-state index contributed by atoms with van der Waals surface area (Å²) < 4.78 is 0. The Kier molecular flexibility index (Phi) is 5.68. The van der Waals surface area contributed by atoms with Crippen molar-refractivity contribution in [1.29, 1.82) is 0 Å². The number of nitrogens with zero attached hydrogens (tertiary/aromatic N) is 3. The summed E-state index contributed by atoms with van der Waals surface area (Å²) in [6.07, 6.45) is 0. The topological polar surface area (TPSA) is 38.7 Å². The molecule has 3 nitrogen and oxygen atoms in total. The highest BCUT2D eigenvalue weighted by molar-refractivity contribution is 6.09. The van der Waals surface area contributed by atoms with E-state index in [0.717, 1.165) is 72.4 Å². The maximum atomic E-state index is 5.25. The molecule has 0 saturated carbocycles. The molecule has 0 aliphatic heterocycles. The second-order valence-electron chi connectivity index (χ2n) is 9.77. The van der Waals surface area contributed by atoms with Gasteiger partial charge in [0.05, 0.1) is 28.1 Å².